The molecule has 0 bridgehead atoms. The van der Waals surface area contributed by atoms with E-state index in [0.717, 1.165) is 12.0 Å². The zero-order valence-electron chi connectivity index (χ0n) is 12.3. The Hall–Kier alpha value is -0.540. The molecule has 3 atom stereocenters. The second-order valence-electron chi connectivity index (χ2n) is 6.39. The van der Waals surface area contributed by atoms with Crippen LogP contribution in [-0.2, 0) is 0 Å². The molecule has 1 heterocycles. The lowest BCUT2D eigenvalue weighted by molar-refractivity contribution is 0.262. The molecule has 2 nitrogen and oxygen atoms in total. The molecule has 1 aliphatic heterocycles. The van der Waals surface area contributed by atoms with Crippen molar-refractivity contribution in [3.63, 3.8) is 0 Å². The van der Waals surface area contributed by atoms with Crippen LogP contribution in [-0.4, -0.2) is 18.6 Å². The average molecular weight is 337 g/mol. The van der Waals surface area contributed by atoms with E-state index in [9.17, 15) is 0 Å². The minimum Gasteiger partial charge on any atom is -0.381 e. The Labute approximate surface area is 130 Å². The summed E-state index contributed by atoms with van der Waals surface area (Å²) in [5.41, 5.74) is 2.59. The molecule has 1 saturated carbocycles. The summed E-state index contributed by atoms with van der Waals surface area (Å²) in [7, 11) is 0. The predicted octanol–water partition coefficient (Wildman–Crippen LogP) is 4.48. The number of nitrogens with one attached hydrogen (secondary N) is 2. The Bertz CT molecular complexity index is 454. The first-order chi connectivity index (χ1) is 9.74. The van der Waals surface area contributed by atoms with Crippen molar-refractivity contribution < 1.29 is 0 Å². The van der Waals surface area contributed by atoms with Crippen molar-refractivity contribution in [2.45, 2.75) is 57.5 Å². The molecule has 1 aromatic carbocycles. The van der Waals surface area contributed by atoms with E-state index in [-0.39, 0.29) is 0 Å². The number of rotatable bonds is 3. The molecule has 2 fully saturated rings. The summed E-state index contributed by atoms with van der Waals surface area (Å²) in [5.74, 6) is 0.790. The number of hydrogen-bond donors (Lipinski definition) is 2. The molecule has 110 valence electrons. The Morgan fingerprint density at radius 1 is 1.15 bits per heavy atom. The molecule has 0 radical (unpaired) electrons. The van der Waals surface area contributed by atoms with Gasteiger partial charge in [-0.2, -0.15) is 0 Å². The van der Waals surface area contributed by atoms with Gasteiger partial charge in [0.15, 0.2) is 0 Å². The van der Waals surface area contributed by atoms with Gasteiger partial charge < -0.3 is 10.6 Å². The highest BCUT2D eigenvalue weighted by molar-refractivity contribution is 9.10. The fourth-order valence-corrected chi connectivity index (χ4v) is 4.21. The summed E-state index contributed by atoms with van der Waals surface area (Å²) >= 11 is 3.68. The molecule has 2 N–H and O–H groups in total. The maximum Gasteiger partial charge on any atom is 0.0489 e. The lowest BCUT2D eigenvalue weighted by Gasteiger charge is -2.37. The van der Waals surface area contributed by atoms with Gasteiger partial charge >= 0.3 is 0 Å². The topological polar surface area (TPSA) is 24.1 Å². The fourth-order valence-electron chi connectivity index (χ4n) is 3.85. The molecule has 3 heteroatoms. The first-order valence-electron chi connectivity index (χ1n) is 8.00. The number of hydrogen-bond acceptors (Lipinski definition) is 2. The maximum atomic E-state index is 3.83. The molecule has 1 aliphatic carbocycles. The summed E-state index contributed by atoms with van der Waals surface area (Å²) in [6.07, 6.45) is 8.15. The Morgan fingerprint density at radius 3 is 2.80 bits per heavy atom. The van der Waals surface area contributed by atoms with E-state index >= 15 is 0 Å². The minimum atomic E-state index is 0.623. The van der Waals surface area contributed by atoms with Crippen LogP contribution >= 0.6 is 15.9 Å². The van der Waals surface area contributed by atoms with Gasteiger partial charge in [-0.05, 0) is 78.7 Å². The van der Waals surface area contributed by atoms with Crippen molar-refractivity contribution in [1.82, 2.24) is 5.32 Å². The van der Waals surface area contributed by atoms with Crippen molar-refractivity contribution in [2.24, 2.45) is 5.92 Å². The molecule has 0 spiro atoms. The minimum absolute atomic E-state index is 0.623. The van der Waals surface area contributed by atoms with Gasteiger partial charge in [0.05, 0.1) is 0 Å². The van der Waals surface area contributed by atoms with Crippen LogP contribution in [0, 0.1) is 12.8 Å². The third-order valence-corrected chi connectivity index (χ3v) is 5.59. The molecule has 2 aliphatic rings. The van der Waals surface area contributed by atoms with Crippen LogP contribution in [0.3, 0.4) is 0 Å². The Kier molecular flexibility index (Phi) is 4.67. The molecule has 1 saturated heterocycles. The van der Waals surface area contributed by atoms with Crippen LogP contribution in [0.25, 0.3) is 0 Å². The van der Waals surface area contributed by atoms with Gasteiger partial charge in [0.1, 0.15) is 0 Å². The molecule has 20 heavy (non-hydrogen) atoms. The van der Waals surface area contributed by atoms with Crippen molar-refractivity contribution in [2.75, 3.05) is 11.9 Å². The lowest BCUT2D eigenvalue weighted by atomic mass is 9.79. The van der Waals surface area contributed by atoms with Gasteiger partial charge in [-0.25, -0.2) is 0 Å². The van der Waals surface area contributed by atoms with Crippen LogP contribution in [0.1, 0.15) is 44.1 Å². The van der Waals surface area contributed by atoms with Gasteiger partial charge in [0.2, 0.25) is 0 Å². The van der Waals surface area contributed by atoms with E-state index in [0.29, 0.717) is 6.04 Å². The zero-order valence-corrected chi connectivity index (χ0v) is 13.9. The summed E-state index contributed by atoms with van der Waals surface area (Å²) in [6.45, 7) is 3.37. The van der Waals surface area contributed by atoms with Crippen molar-refractivity contribution in [1.29, 1.82) is 0 Å². The second-order valence-corrected chi connectivity index (χ2v) is 7.24. The molecular weight excluding hydrogens is 312 g/mol. The third kappa shape index (κ3) is 3.20. The van der Waals surface area contributed by atoms with Gasteiger partial charge in [-0.3, -0.25) is 0 Å². The van der Waals surface area contributed by atoms with E-state index < -0.39 is 0 Å². The van der Waals surface area contributed by atoms with Gasteiger partial charge in [0.25, 0.3) is 0 Å². The number of halogens is 1. The highest BCUT2D eigenvalue weighted by Crippen LogP contribution is 2.34. The lowest BCUT2D eigenvalue weighted by Crippen LogP contribution is -2.43. The van der Waals surface area contributed by atoms with Gasteiger partial charge in [-0.15, -0.1) is 0 Å². The van der Waals surface area contributed by atoms with Crippen LogP contribution in [0.15, 0.2) is 22.7 Å². The van der Waals surface area contributed by atoms with Crippen molar-refractivity contribution >= 4 is 21.6 Å². The molecule has 1 aromatic rings. The van der Waals surface area contributed by atoms with Crippen LogP contribution in [0.5, 0.6) is 0 Å². The molecule has 0 amide bonds. The highest BCUT2D eigenvalue weighted by Gasteiger charge is 2.33. The smallest absolute Gasteiger partial charge is 0.0489 e. The highest BCUT2D eigenvalue weighted by atomic mass is 79.9. The van der Waals surface area contributed by atoms with Crippen molar-refractivity contribution in [3.8, 4) is 0 Å². The summed E-state index contributed by atoms with van der Waals surface area (Å²) in [4.78, 5) is 0. The van der Waals surface area contributed by atoms with Crippen LogP contribution < -0.4 is 10.6 Å². The Morgan fingerprint density at radius 2 is 2.00 bits per heavy atom. The molecule has 3 unspecified atom stereocenters. The SMILES string of the molecule is Cc1ccc(Br)c(NC2CCCCC2C2CCCN2)c1. The number of aryl methyl sites for hydroxylation is 1. The first kappa shape index (κ1) is 14.4. The quantitative estimate of drug-likeness (QED) is 0.850. The summed E-state index contributed by atoms with van der Waals surface area (Å²) in [5, 5.41) is 7.55. The van der Waals surface area contributed by atoms with E-state index in [4.69, 9.17) is 0 Å². The maximum absolute atomic E-state index is 3.83. The molecule has 0 aromatic heterocycles. The largest absolute Gasteiger partial charge is 0.381 e. The summed E-state index contributed by atoms with van der Waals surface area (Å²) < 4.78 is 1.19. The van der Waals surface area contributed by atoms with E-state index in [1.807, 2.05) is 0 Å². The summed E-state index contributed by atoms with van der Waals surface area (Å²) in [6, 6.07) is 7.93. The molecular formula is C17H25BrN2. The van der Waals surface area contributed by atoms with Crippen LogP contribution in [0.4, 0.5) is 5.69 Å². The third-order valence-electron chi connectivity index (χ3n) is 4.90. The second kappa shape index (κ2) is 6.48. The van der Waals surface area contributed by atoms with E-state index in [1.54, 1.807) is 0 Å². The Balaban J connectivity index is 1.74. The molecule has 3 rings (SSSR count). The van der Waals surface area contributed by atoms with Crippen LogP contribution in [0.2, 0.25) is 0 Å². The van der Waals surface area contributed by atoms with Gasteiger partial charge in [0, 0.05) is 22.2 Å². The monoisotopic (exact) mass is 336 g/mol. The van der Waals surface area contributed by atoms with E-state index in [1.165, 1.54) is 60.8 Å². The number of anilines is 1. The average Bonchev–Trinajstić information content (AvgIpc) is 2.97. The fraction of sp³-hybridized carbons (Fsp3) is 0.647. The zero-order chi connectivity index (χ0) is 13.9. The standard InChI is InChI=1S/C17H25BrN2/c1-12-8-9-14(18)17(11-12)20-16-6-3-2-5-13(16)15-7-4-10-19-15/h8-9,11,13,15-16,19-20H,2-7,10H2,1H3. The predicted molar refractivity (Wildman–Crippen MR) is 89.3 cm³/mol. The van der Waals surface area contributed by atoms with Crippen molar-refractivity contribution in [3.05, 3.63) is 28.2 Å². The normalized spacial score (nSPS) is 30.4. The van der Waals surface area contributed by atoms with Gasteiger partial charge in [-0.1, -0.05) is 18.9 Å². The first-order valence-corrected chi connectivity index (χ1v) is 8.79. The number of benzene rings is 1. The van der Waals surface area contributed by atoms with E-state index in [2.05, 4.69) is 51.7 Å².